The van der Waals surface area contributed by atoms with Crippen molar-refractivity contribution in [2.45, 2.75) is 13.0 Å². The lowest BCUT2D eigenvalue weighted by Gasteiger charge is -2.22. The van der Waals surface area contributed by atoms with Gasteiger partial charge >= 0.3 is 5.97 Å². The Morgan fingerprint density at radius 1 is 1.31 bits per heavy atom. The molecule has 1 aromatic carbocycles. The van der Waals surface area contributed by atoms with E-state index >= 15 is 0 Å². The van der Waals surface area contributed by atoms with E-state index in [4.69, 9.17) is 20.8 Å². The topological polar surface area (TPSA) is 117 Å². The Morgan fingerprint density at radius 3 is 2.78 bits per heavy atom. The normalized spacial score (nSPS) is 15.5. The van der Waals surface area contributed by atoms with Crippen molar-refractivity contribution in [2.75, 3.05) is 7.11 Å². The van der Waals surface area contributed by atoms with Gasteiger partial charge in [-0.3, -0.25) is 19.5 Å². The molecule has 0 bridgehead atoms. The van der Waals surface area contributed by atoms with Crippen molar-refractivity contribution in [3.05, 3.63) is 105 Å². The van der Waals surface area contributed by atoms with Gasteiger partial charge in [0.1, 0.15) is 17.6 Å². The van der Waals surface area contributed by atoms with Crippen LogP contribution < -0.4 is 14.9 Å². The Kier molecular flexibility index (Phi) is 6.20. The van der Waals surface area contributed by atoms with Gasteiger partial charge in [0.25, 0.3) is 11.2 Å². The summed E-state index contributed by atoms with van der Waals surface area (Å²) in [5.74, 6) is 0.245. The predicted octanol–water partition coefficient (Wildman–Crippen LogP) is 4.29. The molecule has 1 aliphatic rings. The van der Waals surface area contributed by atoms with Crippen LogP contribution in [0.15, 0.2) is 73.3 Å². The maximum Gasteiger partial charge on any atom is 0.338 e. The fourth-order valence-electron chi connectivity index (χ4n) is 3.93. The van der Waals surface area contributed by atoms with E-state index in [1.165, 1.54) is 52.5 Å². The highest BCUT2D eigenvalue weighted by molar-refractivity contribution is 7.10. The number of hydrogen-bond acceptors (Lipinski definition) is 9. The van der Waals surface area contributed by atoms with Crippen LogP contribution in [0.4, 0.5) is 5.69 Å². The zero-order valence-electron chi connectivity index (χ0n) is 18.8. The summed E-state index contributed by atoms with van der Waals surface area (Å²) in [6, 6.07) is 10.5. The first-order valence-corrected chi connectivity index (χ1v) is 12.5. The molecule has 0 saturated heterocycles. The first-order chi connectivity index (χ1) is 17.3. The van der Waals surface area contributed by atoms with Gasteiger partial charge in [-0.2, -0.15) is 0 Å². The monoisotopic (exact) mass is 541 g/mol. The molecule has 9 nitrogen and oxygen atoms in total. The van der Waals surface area contributed by atoms with Gasteiger partial charge < -0.3 is 9.15 Å². The van der Waals surface area contributed by atoms with Crippen molar-refractivity contribution in [3.63, 3.8) is 0 Å². The molecule has 36 heavy (non-hydrogen) atoms. The van der Waals surface area contributed by atoms with E-state index in [0.29, 0.717) is 37.7 Å². The molecule has 0 N–H and O–H groups in total. The van der Waals surface area contributed by atoms with Gasteiger partial charge in [-0.15, -0.1) is 11.3 Å². The first kappa shape index (κ1) is 23.9. The smallest absolute Gasteiger partial charge is 0.338 e. The Bertz CT molecular complexity index is 1730. The summed E-state index contributed by atoms with van der Waals surface area (Å²) in [5.41, 5.74) is 0.837. The number of esters is 1. The molecule has 4 heterocycles. The van der Waals surface area contributed by atoms with Crippen molar-refractivity contribution < 1.29 is 18.9 Å². The van der Waals surface area contributed by atoms with Gasteiger partial charge in [0.05, 0.1) is 32.9 Å². The van der Waals surface area contributed by atoms with E-state index in [0.717, 1.165) is 4.88 Å². The summed E-state index contributed by atoms with van der Waals surface area (Å²) in [6.45, 7) is 1.72. The van der Waals surface area contributed by atoms with E-state index in [1.807, 2.05) is 17.5 Å². The van der Waals surface area contributed by atoms with Gasteiger partial charge in [0.2, 0.25) is 0 Å². The third kappa shape index (κ3) is 4.11. The molecule has 0 aliphatic carbocycles. The average molecular weight is 542 g/mol. The Balaban J connectivity index is 1.60. The van der Waals surface area contributed by atoms with Gasteiger partial charge in [0.15, 0.2) is 4.80 Å². The fraction of sp³-hybridized carbons (Fsp3) is 0.125. The summed E-state index contributed by atoms with van der Waals surface area (Å²) in [7, 11) is 1.30. The number of ether oxygens (including phenoxy) is 1. The Labute approximate surface area is 216 Å². The van der Waals surface area contributed by atoms with Crippen LogP contribution in [-0.2, 0) is 9.53 Å². The number of carbonyl (C=O) groups is 1. The van der Waals surface area contributed by atoms with E-state index in [-0.39, 0.29) is 16.3 Å². The summed E-state index contributed by atoms with van der Waals surface area (Å²) < 4.78 is 12.7. The highest BCUT2D eigenvalue weighted by atomic mass is 35.5. The van der Waals surface area contributed by atoms with Crippen molar-refractivity contribution in [1.29, 1.82) is 0 Å². The van der Waals surface area contributed by atoms with Gasteiger partial charge in [-0.1, -0.05) is 29.0 Å². The second-order valence-electron chi connectivity index (χ2n) is 7.71. The lowest BCUT2D eigenvalue weighted by atomic mass is 10.0. The van der Waals surface area contributed by atoms with Crippen LogP contribution in [0.3, 0.4) is 0 Å². The molecule has 3 aromatic heterocycles. The van der Waals surface area contributed by atoms with Crippen molar-refractivity contribution >= 4 is 52.0 Å². The zero-order valence-corrected chi connectivity index (χ0v) is 21.1. The number of furan rings is 1. The summed E-state index contributed by atoms with van der Waals surface area (Å²) in [6.07, 6.45) is 1.59. The number of thiazole rings is 1. The average Bonchev–Trinajstić information content (AvgIpc) is 3.60. The van der Waals surface area contributed by atoms with E-state index in [2.05, 4.69) is 4.99 Å². The number of hydrogen-bond donors (Lipinski definition) is 0. The number of allylic oxidation sites excluding steroid dienone is 1. The molecule has 12 heteroatoms. The number of non-ortho nitro benzene ring substituents is 1. The Morgan fingerprint density at radius 2 is 2.11 bits per heavy atom. The number of nitro benzene ring substituents is 1. The van der Waals surface area contributed by atoms with Crippen LogP contribution in [-0.4, -0.2) is 22.6 Å². The van der Waals surface area contributed by atoms with Gasteiger partial charge in [-0.25, -0.2) is 9.79 Å². The van der Waals surface area contributed by atoms with Crippen molar-refractivity contribution in [3.8, 4) is 11.3 Å². The number of rotatable bonds is 5. The molecule has 182 valence electrons. The van der Waals surface area contributed by atoms with E-state index in [9.17, 15) is 19.7 Å². The molecule has 1 unspecified atom stereocenters. The van der Waals surface area contributed by atoms with Crippen LogP contribution in [0, 0.1) is 10.1 Å². The molecule has 0 radical (unpaired) electrons. The predicted molar refractivity (Wildman–Crippen MR) is 136 cm³/mol. The molecular weight excluding hydrogens is 526 g/mol. The number of nitrogens with zero attached hydrogens (tertiary/aromatic N) is 3. The third-order valence-corrected chi connectivity index (χ3v) is 7.79. The molecule has 0 fully saturated rings. The lowest BCUT2D eigenvalue weighted by Crippen LogP contribution is -2.39. The summed E-state index contributed by atoms with van der Waals surface area (Å²) in [5, 5.41) is 13.0. The number of benzene rings is 1. The molecule has 1 atom stereocenters. The van der Waals surface area contributed by atoms with Gasteiger partial charge in [-0.05, 0) is 36.6 Å². The van der Waals surface area contributed by atoms with Gasteiger partial charge in [0, 0.05) is 28.6 Å². The minimum absolute atomic E-state index is 0.126. The number of thiophene rings is 1. The molecule has 0 spiro atoms. The van der Waals surface area contributed by atoms with Crippen LogP contribution in [0.1, 0.15) is 23.6 Å². The maximum absolute atomic E-state index is 13.5. The minimum Gasteiger partial charge on any atom is -0.466 e. The van der Waals surface area contributed by atoms with Crippen molar-refractivity contribution in [1.82, 2.24) is 4.57 Å². The number of aromatic nitrogens is 1. The zero-order chi connectivity index (χ0) is 25.6. The van der Waals surface area contributed by atoms with Crippen LogP contribution in [0.5, 0.6) is 0 Å². The van der Waals surface area contributed by atoms with Crippen LogP contribution in [0.2, 0.25) is 5.02 Å². The molecule has 5 rings (SSSR count). The number of methoxy groups -OCH3 is 1. The van der Waals surface area contributed by atoms with E-state index in [1.54, 1.807) is 25.1 Å². The number of carbonyl (C=O) groups excluding carboxylic acids is 1. The highest BCUT2D eigenvalue weighted by Gasteiger charge is 2.33. The van der Waals surface area contributed by atoms with Crippen LogP contribution in [0.25, 0.3) is 17.4 Å². The molecule has 0 amide bonds. The van der Waals surface area contributed by atoms with Crippen molar-refractivity contribution in [2.24, 2.45) is 4.99 Å². The quantitative estimate of drug-likeness (QED) is 0.211. The Hall–Kier alpha value is -3.80. The fourth-order valence-corrected chi connectivity index (χ4v) is 6.05. The highest BCUT2D eigenvalue weighted by Crippen LogP contribution is 2.34. The summed E-state index contributed by atoms with van der Waals surface area (Å²) in [4.78, 5) is 42.3. The van der Waals surface area contributed by atoms with Crippen LogP contribution >= 0.6 is 34.3 Å². The first-order valence-electron chi connectivity index (χ1n) is 10.5. The molecular formula is C24H16ClN3O6S2. The summed E-state index contributed by atoms with van der Waals surface area (Å²) >= 11 is 8.83. The molecule has 1 aliphatic heterocycles. The molecule has 4 aromatic rings. The maximum atomic E-state index is 13.5. The number of fused-ring (bicyclic) bond motifs is 1. The number of halogens is 1. The largest absolute Gasteiger partial charge is 0.466 e. The number of nitro groups is 1. The SMILES string of the molecule is COC(=O)C1=C(C)N=c2sc(=Cc3ccc(-c4ccc([N+](=O)[O-])cc4Cl)o3)c(=O)n2C1c1cccs1. The second kappa shape index (κ2) is 9.34. The second-order valence-corrected chi connectivity index (χ2v) is 10.1. The standard InChI is InChI=1S/C24H16ClN3O6S2/c1-12-20(23(30)33-2)21(18-4-3-9-35-18)27-22(29)19(36-24(27)26-12)11-14-6-8-17(34-14)15-7-5-13(28(31)32)10-16(15)25/h3-11,21H,1-2H3. The van der Waals surface area contributed by atoms with E-state index < -0.39 is 16.9 Å². The minimum atomic E-state index is -0.651. The molecule has 0 saturated carbocycles. The lowest BCUT2D eigenvalue weighted by molar-refractivity contribution is -0.384. The third-order valence-electron chi connectivity index (χ3n) is 5.57.